The Morgan fingerprint density at radius 3 is 1.39 bits per heavy atom. The van der Waals surface area contributed by atoms with Gasteiger partial charge in [0.25, 0.3) is 7.82 Å². The average Bonchev–Trinajstić information content (AvgIpc) is 3.21. The molecule has 0 aromatic heterocycles. The van der Waals surface area contributed by atoms with Crippen LogP contribution in [-0.2, 0) is 32.7 Å². The fraction of sp³-hybridized carbons (Fsp3) is 0.725. The number of allylic oxidation sites excluding steroid dienone is 12. The Morgan fingerprint density at radius 2 is 0.934 bits per heavy atom. The summed E-state index contributed by atoms with van der Waals surface area (Å²) in [6.45, 7) is 4.05. The van der Waals surface area contributed by atoms with Crippen LogP contribution in [0, 0.1) is 0 Å². The topological polar surface area (TPSA) is 111 Å². The van der Waals surface area contributed by atoms with Gasteiger partial charge in [-0.15, -0.1) is 0 Å². The maximum Gasteiger partial charge on any atom is 0.306 e. The minimum absolute atomic E-state index is 0.0372. The molecule has 0 spiro atoms. The predicted octanol–water partition coefficient (Wildman–Crippen LogP) is 13.6. The van der Waals surface area contributed by atoms with E-state index >= 15 is 0 Å². The fourth-order valence-corrected chi connectivity index (χ4v) is 6.92. The van der Waals surface area contributed by atoms with E-state index in [1.165, 1.54) is 51.4 Å². The molecule has 0 rings (SSSR count). The highest BCUT2D eigenvalue weighted by atomic mass is 31.2. The van der Waals surface area contributed by atoms with Gasteiger partial charge in [0.15, 0.2) is 6.10 Å². The number of hydrogen-bond acceptors (Lipinski definition) is 8. The second-order valence-electron chi connectivity index (χ2n) is 17.1. The van der Waals surface area contributed by atoms with Crippen LogP contribution in [0.25, 0.3) is 0 Å². The summed E-state index contributed by atoms with van der Waals surface area (Å²) in [4.78, 5) is 37.6. The molecular weight excluding hydrogens is 786 g/mol. The van der Waals surface area contributed by atoms with Crippen LogP contribution in [-0.4, -0.2) is 70.0 Å². The van der Waals surface area contributed by atoms with Crippen LogP contribution >= 0.6 is 7.82 Å². The van der Waals surface area contributed by atoms with Crippen molar-refractivity contribution in [1.82, 2.24) is 0 Å². The lowest BCUT2D eigenvalue weighted by atomic mass is 10.0. The molecule has 0 saturated carbocycles. The van der Waals surface area contributed by atoms with E-state index in [-0.39, 0.29) is 26.1 Å². The van der Waals surface area contributed by atoms with Crippen molar-refractivity contribution in [2.75, 3.05) is 47.5 Å². The van der Waals surface area contributed by atoms with Crippen LogP contribution in [0.15, 0.2) is 72.9 Å². The largest absolute Gasteiger partial charge is 0.756 e. The van der Waals surface area contributed by atoms with Gasteiger partial charge in [0.05, 0.1) is 27.7 Å². The Morgan fingerprint density at radius 1 is 0.525 bits per heavy atom. The summed E-state index contributed by atoms with van der Waals surface area (Å²) in [6, 6.07) is 0. The lowest BCUT2D eigenvalue weighted by molar-refractivity contribution is -0.870. The minimum Gasteiger partial charge on any atom is -0.756 e. The number of quaternary nitrogens is 1. The molecule has 0 amide bonds. The quantitative estimate of drug-likeness (QED) is 0.0196. The molecule has 2 unspecified atom stereocenters. The molecule has 0 radical (unpaired) electrons. The molecule has 352 valence electrons. The standard InChI is InChI=1S/C51H90NO8P/c1-6-8-10-12-14-16-18-20-22-23-24-25-26-27-28-29-30-32-34-36-38-40-42-44-51(54)60-49(48-59-61(55,56)58-46-45-52(3,4)5)47-57-50(53)43-41-39-37-35-33-31-21-19-17-15-13-11-9-7-2/h8,10,13-16,19-22,24-25,49H,6-7,9,11-12,17-18,23,26-48H2,1-5H3/b10-8-,15-13-,16-14-,21-19-,22-20-,25-24-. The van der Waals surface area contributed by atoms with Crippen molar-refractivity contribution in [3.05, 3.63) is 72.9 Å². The van der Waals surface area contributed by atoms with Crippen molar-refractivity contribution in [3.8, 4) is 0 Å². The second-order valence-corrected chi connectivity index (χ2v) is 18.5. The first-order chi connectivity index (χ1) is 29.5. The smallest absolute Gasteiger partial charge is 0.306 e. The number of phosphoric ester groups is 1. The lowest BCUT2D eigenvalue weighted by Gasteiger charge is -2.28. The SMILES string of the molecule is CC/C=C\C/C=C\C/C=C\C/C=C\CCCCCCCCCCCCC(=O)OC(COC(=O)CCCCCCC/C=C\C/C=C\CCCC)COP(=O)([O-])OCC[N+](C)(C)C. The third kappa shape index (κ3) is 46.8. The molecular formula is C51H90NO8P. The van der Waals surface area contributed by atoms with Gasteiger partial charge in [0.1, 0.15) is 19.8 Å². The summed E-state index contributed by atoms with van der Waals surface area (Å²) in [5.41, 5.74) is 0. The molecule has 0 saturated heterocycles. The second kappa shape index (κ2) is 42.7. The van der Waals surface area contributed by atoms with Gasteiger partial charge < -0.3 is 27.9 Å². The predicted molar refractivity (Wildman–Crippen MR) is 254 cm³/mol. The molecule has 0 N–H and O–H groups in total. The summed E-state index contributed by atoms with van der Waals surface area (Å²) in [5, 5.41) is 0. The highest BCUT2D eigenvalue weighted by molar-refractivity contribution is 7.45. The Hall–Kier alpha value is -2.55. The number of phosphoric acid groups is 1. The first kappa shape index (κ1) is 58.5. The van der Waals surface area contributed by atoms with Gasteiger partial charge in [-0.1, -0.05) is 170 Å². The number of likely N-dealkylation sites (N-methyl/N-ethyl adjacent to an activating group) is 1. The van der Waals surface area contributed by atoms with Crippen LogP contribution in [0.1, 0.15) is 187 Å². The van der Waals surface area contributed by atoms with E-state index in [2.05, 4.69) is 86.8 Å². The van der Waals surface area contributed by atoms with Gasteiger partial charge >= 0.3 is 11.9 Å². The number of nitrogens with zero attached hydrogens (tertiary/aromatic N) is 1. The monoisotopic (exact) mass is 876 g/mol. The molecule has 0 aliphatic heterocycles. The Bertz CT molecular complexity index is 1270. The Kier molecular flexibility index (Phi) is 40.9. The van der Waals surface area contributed by atoms with Gasteiger partial charge in [-0.25, -0.2) is 0 Å². The normalized spacial score (nSPS) is 14.1. The number of rotatable bonds is 43. The summed E-state index contributed by atoms with van der Waals surface area (Å²) in [6.07, 6.45) is 53.5. The van der Waals surface area contributed by atoms with E-state index < -0.39 is 32.5 Å². The molecule has 0 bridgehead atoms. The number of carbonyl (C=O) groups is 2. The molecule has 61 heavy (non-hydrogen) atoms. The maximum atomic E-state index is 12.7. The summed E-state index contributed by atoms with van der Waals surface area (Å²) in [7, 11) is 1.14. The first-order valence-corrected chi connectivity index (χ1v) is 25.6. The van der Waals surface area contributed by atoms with E-state index in [9.17, 15) is 19.0 Å². The van der Waals surface area contributed by atoms with Gasteiger partial charge in [0, 0.05) is 12.8 Å². The van der Waals surface area contributed by atoms with Crippen molar-refractivity contribution in [2.45, 2.75) is 193 Å². The van der Waals surface area contributed by atoms with Crippen LogP contribution in [0.2, 0.25) is 0 Å². The van der Waals surface area contributed by atoms with Crippen molar-refractivity contribution in [1.29, 1.82) is 0 Å². The zero-order valence-corrected chi connectivity index (χ0v) is 40.5. The maximum absolute atomic E-state index is 12.7. The third-order valence-corrected chi connectivity index (χ3v) is 10.9. The molecule has 0 heterocycles. The zero-order valence-electron chi connectivity index (χ0n) is 39.6. The molecule has 0 aromatic carbocycles. The van der Waals surface area contributed by atoms with E-state index in [0.717, 1.165) is 96.3 Å². The Balaban J connectivity index is 4.29. The molecule has 0 aromatic rings. The van der Waals surface area contributed by atoms with E-state index in [1.54, 1.807) is 0 Å². The average molecular weight is 876 g/mol. The summed E-state index contributed by atoms with van der Waals surface area (Å²) >= 11 is 0. The first-order valence-electron chi connectivity index (χ1n) is 24.1. The number of esters is 2. The highest BCUT2D eigenvalue weighted by Crippen LogP contribution is 2.38. The van der Waals surface area contributed by atoms with Crippen molar-refractivity contribution < 1.29 is 42.1 Å². The van der Waals surface area contributed by atoms with E-state index in [0.29, 0.717) is 23.9 Å². The van der Waals surface area contributed by atoms with Crippen molar-refractivity contribution in [3.63, 3.8) is 0 Å². The van der Waals surface area contributed by atoms with E-state index in [1.807, 2.05) is 21.1 Å². The molecule has 0 aliphatic rings. The van der Waals surface area contributed by atoms with Crippen LogP contribution < -0.4 is 4.89 Å². The lowest BCUT2D eigenvalue weighted by Crippen LogP contribution is -2.37. The van der Waals surface area contributed by atoms with Crippen LogP contribution in [0.3, 0.4) is 0 Å². The molecule has 9 nitrogen and oxygen atoms in total. The molecule has 0 aliphatic carbocycles. The summed E-state index contributed by atoms with van der Waals surface area (Å²) in [5.74, 6) is -0.859. The van der Waals surface area contributed by atoms with Crippen LogP contribution in [0.4, 0.5) is 0 Å². The molecule has 0 fully saturated rings. The molecule has 2 atom stereocenters. The molecule has 10 heteroatoms. The Labute approximate surface area is 374 Å². The van der Waals surface area contributed by atoms with Crippen molar-refractivity contribution in [2.24, 2.45) is 0 Å². The number of ether oxygens (including phenoxy) is 2. The third-order valence-electron chi connectivity index (χ3n) is 9.96. The van der Waals surface area contributed by atoms with Gasteiger partial charge in [-0.3, -0.25) is 14.2 Å². The van der Waals surface area contributed by atoms with Crippen molar-refractivity contribution >= 4 is 19.8 Å². The highest BCUT2D eigenvalue weighted by Gasteiger charge is 2.21. The zero-order chi connectivity index (χ0) is 45.0. The van der Waals surface area contributed by atoms with Gasteiger partial charge in [-0.2, -0.15) is 0 Å². The number of carbonyl (C=O) groups excluding carboxylic acids is 2. The minimum atomic E-state index is -4.64. The fourth-order valence-electron chi connectivity index (χ4n) is 6.19. The van der Waals surface area contributed by atoms with Crippen LogP contribution in [0.5, 0.6) is 0 Å². The number of hydrogen-bond donors (Lipinski definition) is 0. The van der Waals surface area contributed by atoms with Gasteiger partial charge in [-0.05, 0) is 77.0 Å². The van der Waals surface area contributed by atoms with E-state index in [4.69, 9.17) is 18.5 Å². The van der Waals surface area contributed by atoms with Gasteiger partial charge in [0.2, 0.25) is 0 Å². The summed E-state index contributed by atoms with van der Waals surface area (Å²) < 4.78 is 34.0. The number of unbranched alkanes of at least 4 members (excludes halogenated alkanes) is 17.